The molecule has 160 valence electrons. The lowest BCUT2D eigenvalue weighted by Crippen LogP contribution is -2.43. The molecule has 2 saturated heterocycles. The minimum atomic E-state index is -0.142. The second-order valence-corrected chi connectivity index (χ2v) is 8.25. The van der Waals surface area contributed by atoms with Gasteiger partial charge in [0, 0.05) is 44.2 Å². The number of likely N-dealkylation sites (tertiary alicyclic amines) is 1. The van der Waals surface area contributed by atoms with E-state index < -0.39 is 0 Å². The molecule has 2 aromatic rings. The predicted molar refractivity (Wildman–Crippen MR) is 111 cm³/mol. The van der Waals surface area contributed by atoms with Crippen LogP contribution in [0.3, 0.4) is 0 Å². The number of nitrogens with zero attached hydrogens (tertiary/aromatic N) is 4. The molecule has 0 saturated carbocycles. The minimum Gasteiger partial charge on any atom is -0.376 e. The third kappa shape index (κ3) is 5.40. The molecular formula is C23H29FN4O2. The van der Waals surface area contributed by atoms with Crippen LogP contribution in [-0.2, 0) is 11.3 Å². The van der Waals surface area contributed by atoms with E-state index in [4.69, 9.17) is 4.74 Å². The van der Waals surface area contributed by atoms with Gasteiger partial charge in [-0.3, -0.25) is 14.7 Å². The first kappa shape index (κ1) is 20.9. The first-order valence-corrected chi connectivity index (χ1v) is 10.8. The summed E-state index contributed by atoms with van der Waals surface area (Å²) in [5, 5.41) is 0. The van der Waals surface area contributed by atoms with Crippen LogP contribution >= 0.6 is 0 Å². The molecule has 0 spiro atoms. The monoisotopic (exact) mass is 412 g/mol. The Labute approximate surface area is 177 Å². The number of hydrogen-bond donors (Lipinski definition) is 0. The van der Waals surface area contributed by atoms with Crippen LogP contribution in [0, 0.1) is 11.7 Å². The maximum atomic E-state index is 13.9. The van der Waals surface area contributed by atoms with E-state index in [0.29, 0.717) is 31.2 Å². The quantitative estimate of drug-likeness (QED) is 0.699. The van der Waals surface area contributed by atoms with Crippen molar-refractivity contribution in [3.05, 3.63) is 59.9 Å². The van der Waals surface area contributed by atoms with Crippen molar-refractivity contribution in [2.45, 2.75) is 38.3 Å². The van der Waals surface area contributed by atoms with Gasteiger partial charge in [-0.15, -0.1) is 0 Å². The molecule has 0 aliphatic carbocycles. The Bertz CT molecular complexity index is 821. The topological polar surface area (TPSA) is 58.6 Å². The van der Waals surface area contributed by atoms with E-state index in [0.717, 1.165) is 50.9 Å². The van der Waals surface area contributed by atoms with Gasteiger partial charge in [-0.05, 0) is 50.8 Å². The van der Waals surface area contributed by atoms with Crippen molar-refractivity contribution in [1.29, 1.82) is 0 Å². The number of rotatable bonds is 7. The molecule has 2 fully saturated rings. The number of carbonyl (C=O) groups is 1. The van der Waals surface area contributed by atoms with Crippen molar-refractivity contribution in [3.8, 4) is 0 Å². The van der Waals surface area contributed by atoms with Gasteiger partial charge in [0.2, 0.25) is 0 Å². The highest BCUT2D eigenvalue weighted by molar-refractivity contribution is 5.92. The van der Waals surface area contributed by atoms with Gasteiger partial charge in [-0.25, -0.2) is 9.37 Å². The van der Waals surface area contributed by atoms with E-state index in [1.165, 1.54) is 12.3 Å². The fraction of sp³-hybridized carbons (Fsp3) is 0.522. The molecule has 0 bridgehead atoms. The van der Waals surface area contributed by atoms with Gasteiger partial charge in [-0.2, -0.15) is 0 Å². The standard InChI is InChI=1S/C23H29FN4O2/c24-21-6-2-1-4-19(21)16-27-11-7-18(8-12-27)15-28(17-20-5-3-13-30-20)23(29)22-14-25-9-10-26-22/h1-2,4,6,9-10,14,18,20H,3,5,7-8,11-13,15-17H2. The Kier molecular flexibility index (Phi) is 7.02. The smallest absolute Gasteiger partial charge is 0.274 e. The lowest BCUT2D eigenvalue weighted by atomic mass is 9.95. The maximum absolute atomic E-state index is 13.9. The van der Waals surface area contributed by atoms with Crippen LogP contribution in [0.1, 0.15) is 41.7 Å². The number of halogens is 1. The summed E-state index contributed by atoms with van der Waals surface area (Å²) in [6.07, 6.45) is 8.78. The van der Waals surface area contributed by atoms with Gasteiger partial charge in [0.25, 0.3) is 5.91 Å². The molecule has 1 aromatic heterocycles. The molecule has 0 radical (unpaired) electrons. The van der Waals surface area contributed by atoms with Crippen molar-refractivity contribution >= 4 is 5.91 Å². The second-order valence-electron chi connectivity index (χ2n) is 8.25. The average molecular weight is 413 g/mol. The average Bonchev–Trinajstić information content (AvgIpc) is 3.29. The molecule has 2 aliphatic heterocycles. The van der Waals surface area contributed by atoms with Crippen LogP contribution in [0.25, 0.3) is 0 Å². The fourth-order valence-corrected chi connectivity index (χ4v) is 4.35. The predicted octanol–water partition coefficient (Wildman–Crippen LogP) is 3.15. The number of ether oxygens (including phenoxy) is 1. The lowest BCUT2D eigenvalue weighted by molar-refractivity contribution is 0.0440. The lowest BCUT2D eigenvalue weighted by Gasteiger charge is -2.35. The highest BCUT2D eigenvalue weighted by Crippen LogP contribution is 2.23. The Balaban J connectivity index is 1.35. The summed E-state index contributed by atoms with van der Waals surface area (Å²) >= 11 is 0. The van der Waals surface area contributed by atoms with E-state index in [-0.39, 0.29) is 17.8 Å². The Hall–Kier alpha value is -2.38. The summed E-state index contributed by atoms with van der Waals surface area (Å²) < 4.78 is 19.7. The SMILES string of the molecule is O=C(c1cnccn1)N(CC1CCN(Cc2ccccc2F)CC1)CC1CCCO1. The number of aromatic nitrogens is 2. The summed E-state index contributed by atoms with van der Waals surface area (Å²) in [6, 6.07) is 6.97. The van der Waals surface area contributed by atoms with Gasteiger partial charge >= 0.3 is 0 Å². The molecule has 1 atom stereocenters. The Morgan fingerprint density at radius 3 is 2.70 bits per heavy atom. The summed E-state index contributed by atoms with van der Waals surface area (Å²) in [4.78, 5) is 25.5. The van der Waals surface area contributed by atoms with Crippen LogP contribution in [0.2, 0.25) is 0 Å². The van der Waals surface area contributed by atoms with Gasteiger partial charge in [0.05, 0.1) is 12.3 Å². The molecule has 0 N–H and O–H groups in total. The zero-order chi connectivity index (χ0) is 20.8. The molecular weight excluding hydrogens is 383 g/mol. The molecule has 2 aliphatic rings. The van der Waals surface area contributed by atoms with Crippen molar-refractivity contribution in [2.24, 2.45) is 5.92 Å². The zero-order valence-electron chi connectivity index (χ0n) is 17.3. The molecule has 6 nitrogen and oxygen atoms in total. The Morgan fingerprint density at radius 1 is 1.17 bits per heavy atom. The summed E-state index contributed by atoms with van der Waals surface area (Å²) in [5.41, 5.74) is 1.13. The normalized spacial score (nSPS) is 20.4. The van der Waals surface area contributed by atoms with Crippen LogP contribution in [0.4, 0.5) is 4.39 Å². The van der Waals surface area contributed by atoms with Crippen molar-refractivity contribution in [3.63, 3.8) is 0 Å². The molecule has 7 heteroatoms. The fourth-order valence-electron chi connectivity index (χ4n) is 4.35. The molecule has 4 rings (SSSR count). The molecule has 30 heavy (non-hydrogen) atoms. The van der Waals surface area contributed by atoms with Crippen molar-refractivity contribution in [2.75, 3.05) is 32.8 Å². The number of hydrogen-bond acceptors (Lipinski definition) is 5. The van der Waals surface area contributed by atoms with Crippen LogP contribution in [-0.4, -0.2) is 64.6 Å². The van der Waals surface area contributed by atoms with Gasteiger partial charge < -0.3 is 9.64 Å². The first-order chi connectivity index (χ1) is 14.7. The summed E-state index contributed by atoms with van der Waals surface area (Å²) in [6.45, 7) is 4.52. The number of piperidine rings is 1. The van der Waals surface area contributed by atoms with Gasteiger partial charge in [-0.1, -0.05) is 18.2 Å². The maximum Gasteiger partial charge on any atom is 0.274 e. The Morgan fingerprint density at radius 2 is 2.00 bits per heavy atom. The highest BCUT2D eigenvalue weighted by atomic mass is 19.1. The second kappa shape index (κ2) is 10.1. The summed E-state index contributed by atoms with van der Waals surface area (Å²) in [7, 11) is 0. The van der Waals surface area contributed by atoms with E-state index in [1.807, 2.05) is 17.0 Å². The number of amides is 1. The molecule has 1 aromatic carbocycles. The largest absolute Gasteiger partial charge is 0.376 e. The van der Waals surface area contributed by atoms with Crippen molar-refractivity contribution < 1.29 is 13.9 Å². The van der Waals surface area contributed by atoms with Crippen LogP contribution in [0.5, 0.6) is 0 Å². The third-order valence-corrected chi connectivity index (χ3v) is 6.06. The van der Waals surface area contributed by atoms with Crippen LogP contribution in [0.15, 0.2) is 42.9 Å². The van der Waals surface area contributed by atoms with E-state index >= 15 is 0 Å². The van der Waals surface area contributed by atoms with E-state index in [2.05, 4.69) is 14.9 Å². The number of carbonyl (C=O) groups excluding carboxylic acids is 1. The molecule has 3 heterocycles. The zero-order valence-corrected chi connectivity index (χ0v) is 17.3. The first-order valence-electron chi connectivity index (χ1n) is 10.8. The highest BCUT2D eigenvalue weighted by Gasteiger charge is 2.28. The van der Waals surface area contributed by atoms with Gasteiger partial charge in [0.1, 0.15) is 11.5 Å². The third-order valence-electron chi connectivity index (χ3n) is 6.06. The van der Waals surface area contributed by atoms with E-state index in [9.17, 15) is 9.18 Å². The number of benzene rings is 1. The molecule has 1 unspecified atom stereocenters. The van der Waals surface area contributed by atoms with Crippen molar-refractivity contribution in [1.82, 2.24) is 19.8 Å². The minimum absolute atomic E-state index is 0.0765. The van der Waals surface area contributed by atoms with Crippen LogP contribution < -0.4 is 0 Å². The molecule has 1 amide bonds. The van der Waals surface area contributed by atoms with E-state index in [1.54, 1.807) is 18.5 Å². The summed E-state index contributed by atoms with van der Waals surface area (Å²) in [5.74, 6) is 0.202. The van der Waals surface area contributed by atoms with Gasteiger partial charge in [0.15, 0.2) is 0 Å².